The molecule has 3 aromatic rings. The summed E-state index contributed by atoms with van der Waals surface area (Å²) in [6.45, 7) is 0.654. The third kappa shape index (κ3) is 5.13. The molecule has 1 aliphatic carbocycles. The lowest BCUT2D eigenvalue weighted by Crippen LogP contribution is -2.24. The molecular weight excluding hydrogens is 418 g/mol. The smallest absolute Gasteiger partial charge is 0.262 e. The maximum atomic E-state index is 13.3. The lowest BCUT2D eigenvalue weighted by Gasteiger charge is -2.16. The standard InChI is InChI=1S/C26H29N3O2S/c1-28(2)24(30)21-14-12-20(13-15-21)18-32-26-27-23-11-7-6-10-22(23)25(31)29(26)17-16-19-8-4-3-5-9-19/h6-8,10-15H,3-5,9,16-18H2,1-2H3. The van der Waals surface area contributed by atoms with Crippen molar-refractivity contribution in [3.8, 4) is 0 Å². The lowest BCUT2D eigenvalue weighted by molar-refractivity contribution is 0.0827. The molecule has 0 fully saturated rings. The van der Waals surface area contributed by atoms with Crippen LogP contribution in [0.25, 0.3) is 10.9 Å². The van der Waals surface area contributed by atoms with Gasteiger partial charge < -0.3 is 4.90 Å². The maximum absolute atomic E-state index is 13.3. The Kier molecular flexibility index (Phi) is 7.10. The van der Waals surface area contributed by atoms with Crippen molar-refractivity contribution in [1.29, 1.82) is 0 Å². The quantitative estimate of drug-likeness (QED) is 0.281. The van der Waals surface area contributed by atoms with Gasteiger partial charge >= 0.3 is 0 Å². The molecular formula is C26H29N3O2S. The van der Waals surface area contributed by atoms with Gasteiger partial charge in [-0.3, -0.25) is 14.2 Å². The summed E-state index contributed by atoms with van der Waals surface area (Å²) in [5.41, 5.74) is 3.98. The minimum Gasteiger partial charge on any atom is -0.345 e. The molecule has 1 aliphatic rings. The highest BCUT2D eigenvalue weighted by atomic mass is 32.2. The van der Waals surface area contributed by atoms with Gasteiger partial charge in [0.2, 0.25) is 0 Å². The first-order valence-corrected chi connectivity index (χ1v) is 12.1. The number of hydrogen-bond acceptors (Lipinski definition) is 4. The number of nitrogens with zero attached hydrogens (tertiary/aromatic N) is 3. The van der Waals surface area contributed by atoms with Crippen LogP contribution >= 0.6 is 11.8 Å². The van der Waals surface area contributed by atoms with E-state index in [-0.39, 0.29) is 11.5 Å². The SMILES string of the molecule is CN(C)C(=O)c1ccc(CSc2nc3ccccc3c(=O)n2CCC2=CCCCC2)cc1. The normalized spacial score (nSPS) is 13.8. The summed E-state index contributed by atoms with van der Waals surface area (Å²) in [6.07, 6.45) is 8.03. The van der Waals surface area contributed by atoms with E-state index in [0.717, 1.165) is 35.5 Å². The fraction of sp³-hybridized carbons (Fsp3) is 0.346. The van der Waals surface area contributed by atoms with E-state index >= 15 is 0 Å². The molecule has 2 aromatic carbocycles. The molecule has 0 atom stereocenters. The predicted octanol–water partition coefficient (Wildman–Crippen LogP) is 5.28. The van der Waals surface area contributed by atoms with Gasteiger partial charge in [-0.1, -0.05) is 47.7 Å². The first-order chi connectivity index (χ1) is 15.5. The molecule has 0 spiro atoms. The Bertz CT molecular complexity index is 1200. The van der Waals surface area contributed by atoms with E-state index in [1.165, 1.54) is 18.4 Å². The van der Waals surface area contributed by atoms with Gasteiger partial charge in [0.25, 0.3) is 11.5 Å². The van der Waals surface area contributed by atoms with Gasteiger partial charge in [0, 0.05) is 32.0 Å². The molecule has 0 bridgehead atoms. The Morgan fingerprint density at radius 2 is 1.88 bits per heavy atom. The number of benzene rings is 2. The molecule has 1 amide bonds. The highest BCUT2D eigenvalue weighted by Gasteiger charge is 2.14. The summed E-state index contributed by atoms with van der Waals surface area (Å²) in [6, 6.07) is 15.2. The van der Waals surface area contributed by atoms with Crippen molar-refractivity contribution in [2.75, 3.05) is 14.1 Å². The van der Waals surface area contributed by atoms with E-state index in [1.807, 2.05) is 53.1 Å². The van der Waals surface area contributed by atoms with Crippen molar-refractivity contribution in [1.82, 2.24) is 14.5 Å². The van der Waals surface area contributed by atoms with Crippen molar-refractivity contribution in [3.63, 3.8) is 0 Å². The molecule has 1 heterocycles. The molecule has 166 valence electrons. The first-order valence-electron chi connectivity index (χ1n) is 11.1. The molecule has 5 nitrogen and oxygen atoms in total. The number of thioether (sulfide) groups is 1. The first kappa shape index (κ1) is 22.3. The van der Waals surface area contributed by atoms with Crippen LogP contribution < -0.4 is 5.56 Å². The van der Waals surface area contributed by atoms with Crippen LogP contribution in [0.3, 0.4) is 0 Å². The van der Waals surface area contributed by atoms with Gasteiger partial charge in [0.15, 0.2) is 5.16 Å². The Morgan fingerprint density at radius 3 is 2.59 bits per heavy atom. The third-order valence-corrected chi connectivity index (χ3v) is 6.89. The van der Waals surface area contributed by atoms with E-state index in [2.05, 4.69) is 6.08 Å². The number of carbonyl (C=O) groups excluding carboxylic acids is 1. The molecule has 0 radical (unpaired) electrons. The topological polar surface area (TPSA) is 55.2 Å². The largest absolute Gasteiger partial charge is 0.345 e. The zero-order chi connectivity index (χ0) is 22.5. The van der Waals surface area contributed by atoms with Gasteiger partial charge in [-0.15, -0.1) is 0 Å². The van der Waals surface area contributed by atoms with E-state index in [1.54, 1.807) is 30.8 Å². The van der Waals surface area contributed by atoms with Gasteiger partial charge in [-0.2, -0.15) is 0 Å². The average molecular weight is 448 g/mol. The van der Waals surface area contributed by atoms with Gasteiger partial charge in [0.1, 0.15) is 0 Å². The number of fused-ring (bicyclic) bond motifs is 1. The van der Waals surface area contributed by atoms with E-state index in [9.17, 15) is 9.59 Å². The molecule has 0 aliphatic heterocycles. The molecule has 6 heteroatoms. The summed E-state index contributed by atoms with van der Waals surface area (Å²) >= 11 is 1.57. The lowest BCUT2D eigenvalue weighted by atomic mass is 9.97. The third-order valence-electron chi connectivity index (χ3n) is 5.84. The zero-order valence-corrected chi connectivity index (χ0v) is 19.5. The summed E-state index contributed by atoms with van der Waals surface area (Å²) in [5, 5.41) is 1.42. The van der Waals surface area contributed by atoms with Crippen LogP contribution in [0, 0.1) is 0 Å². The minimum atomic E-state index is -0.00810. The number of aromatic nitrogens is 2. The van der Waals surface area contributed by atoms with Gasteiger partial charge in [-0.25, -0.2) is 4.98 Å². The van der Waals surface area contributed by atoms with Crippen LogP contribution in [0.2, 0.25) is 0 Å². The van der Waals surface area contributed by atoms with Gasteiger partial charge in [-0.05, 0) is 61.9 Å². The van der Waals surface area contributed by atoms with Crippen LogP contribution in [0.4, 0.5) is 0 Å². The average Bonchev–Trinajstić information content (AvgIpc) is 2.83. The van der Waals surface area contributed by atoms with Crippen LogP contribution in [0.5, 0.6) is 0 Å². The Morgan fingerprint density at radius 1 is 1.09 bits per heavy atom. The van der Waals surface area contributed by atoms with Crippen molar-refractivity contribution in [2.24, 2.45) is 0 Å². The van der Waals surface area contributed by atoms with Crippen molar-refractivity contribution >= 4 is 28.6 Å². The number of para-hydroxylation sites is 1. The number of carbonyl (C=O) groups is 1. The highest BCUT2D eigenvalue weighted by molar-refractivity contribution is 7.98. The Balaban J connectivity index is 1.57. The van der Waals surface area contributed by atoms with Crippen LogP contribution in [-0.4, -0.2) is 34.5 Å². The number of amides is 1. The predicted molar refractivity (Wildman–Crippen MR) is 131 cm³/mol. The summed E-state index contributed by atoms with van der Waals surface area (Å²) in [5.74, 6) is 0.676. The Hall–Kier alpha value is -2.86. The zero-order valence-electron chi connectivity index (χ0n) is 18.7. The molecule has 0 N–H and O–H groups in total. The number of rotatable bonds is 7. The fourth-order valence-electron chi connectivity index (χ4n) is 3.99. The van der Waals surface area contributed by atoms with E-state index in [0.29, 0.717) is 23.2 Å². The van der Waals surface area contributed by atoms with Crippen LogP contribution in [0.15, 0.2) is 70.1 Å². The molecule has 1 aromatic heterocycles. The van der Waals surface area contributed by atoms with Crippen molar-refractivity contribution in [3.05, 3.63) is 81.7 Å². The van der Waals surface area contributed by atoms with Crippen molar-refractivity contribution in [2.45, 2.75) is 49.6 Å². The molecule has 32 heavy (non-hydrogen) atoms. The Labute approximate surface area is 193 Å². The second kappa shape index (κ2) is 10.2. The number of hydrogen-bond donors (Lipinski definition) is 0. The van der Waals surface area contributed by atoms with E-state index < -0.39 is 0 Å². The summed E-state index contributed by atoms with van der Waals surface area (Å²) in [7, 11) is 3.50. The molecule has 0 saturated heterocycles. The second-order valence-corrected chi connectivity index (χ2v) is 9.35. The van der Waals surface area contributed by atoms with Gasteiger partial charge in [0.05, 0.1) is 10.9 Å². The molecule has 0 saturated carbocycles. The monoisotopic (exact) mass is 447 g/mol. The maximum Gasteiger partial charge on any atom is 0.262 e. The van der Waals surface area contributed by atoms with Crippen LogP contribution in [-0.2, 0) is 12.3 Å². The number of allylic oxidation sites excluding steroid dienone is 2. The second-order valence-electron chi connectivity index (χ2n) is 8.41. The minimum absolute atomic E-state index is 0.00810. The fourth-order valence-corrected chi connectivity index (χ4v) is 4.97. The molecule has 0 unspecified atom stereocenters. The highest BCUT2D eigenvalue weighted by Crippen LogP contribution is 2.25. The summed E-state index contributed by atoms with van der Waals surface area (Å²) < 4.78 is 1.84. The molecule has 4 rings (SSSR count). The summed E-state index contributed by atoms with van der Waals surface area (Å²) in [4.78, 5) is 31.8. The van der Waals surface area contributed by atoms with Crippen molar-refractivity contribution < 1.29 is 4.79 Å². The van der Waals surface area contributed by atoms with Crippen LogP contribution in [0.1, 0.15) is 48.0 Å². The van der Waals surface area contributed by atoms with E-state index in [4.69, 9.17) is 4.98 Å².